The normalized spacial score (nSPS) is 10.2. The van der Waals surface area contributed by atoms with Gasteiger partial charge >= 0.3 is 0 Å². The third kappa shape index (κ3) is 4.87. The summed E-state index contributed by atoms with van der Waals surface area (Å²) < 4.78 is 5.25. The molecule has 0 fully saturated rings. The van der Waals surface area contributed by atoms with Crippen molar-refractivity contribution in [3.05, 3.63) is 23.8 Å². The maximum atomic E-state index is 11.6. The van der Waals surface area contributed by atoms with E-state index in [1.165, 1.54) is 0 Å². The molecular weight excluding hydrogens is 216 g/mol. The molecule has 0 aliphatic rings. The zero-order chi connectivity index (χ0) is 12.7. The van der Waals surface area contributed by atoms with Crippen molar-refractivity contribution < 1.29 is 9.53 Å². The summed E-state index contributed by atoms with van der Waals surface area (Å²) in [6.45, 7) is 5.14. The molecule has 1 aromatic rings. The van der Waals surface area contributed by atoms with E-state index >= 15 is 0 Å². The molecular formula is C13H20N2O2. The minimum Gasteiger partial charge on any atom is -0.397 e. The Labute approximate surface area is 102 Å². The van der Waals surface area contributed by atoms with E-state index in [-0.39, 0.29) is 5.91 Å². The summed E-state index contributed by atoms with van der Waals surface area (Å²) >= 11 is 0. The standard InChI is InChI=1S/C13H20N2O2/c1-3-7-17-8-6-13(16)15-12-9-10(2)4-5-11(12)14/h4-5,9H,3,6-8,14H2,1-2H3,(H,15,16). The number of aryl methyl sites for hydroxylation is 1. The first-order valence-corrected chi connectivity index (χ1v) is 5.87. The predicted molar refractivity (Wildman–Crippen MR) is 69.9 cm³/mol. The first-order chi connectivity index (χ1) is 8.13. The molecule has 4 nitrogen and oxygen atoms in total. The lowest BCUT2D eigenvalue weighted by molar-refractivity contribution is -0.117. The van der Waals surface area contributed by atoms with Crippen molar-refractivity contribution in [1.29, 1.82) is 0 Å². The van der Waals surface area contributed by atoms with Crippen molar-refractivity contribution in [2.45, 2.75) is 26.7 Å². The molecule has 0 unspecified atom stereocenters. The predicted octanol–water partition coefficient (Wildman–Crippen LogP) is 2.33. The molecule has 0 aliphatic heterocycles. The van der Waals surface area contributed by atoms with Crippen LogP contribution in [0.1, 0.15) is 25.3 Å². The Morgan fingerprint density at radius 1 is 1.41 bits per heavy atom. The molecule has 1 rings (SSSR count). The smallest absolute Gasteiger partial charge is 0.226 e. The number of nitrogens with two attached hydrogens (primary N) is 1. The van der Waals surface area contributed by atoms with Crippen LogP contribution >= 0.6 is 0 Å². The van der Waals surface area contributed by atoms with Gasteiger partial charge in [-0.15, -0.1) is 0 Å². The van der Waals surface area contributed by atoms with E-state index in [2.05, 4.69) is 5.32 Å². The van der Waals surface area contributed by atoms with Crippen LogP contribution in [0.5, 0.6) is 0 Å². The lowest BCUT2D eigenvalue weighted by Gasteiger charge is -2.09. The number of hydrogen-bond donors (Lipinski definition) is 2. The lowest BCUT2D eigenvalue weighted by Crippen LogP contribution is -2.15. The van der Waals surface area contributed by atoms with Crippen LogP contribution in [0.4, 0.5) is 11.4 Å². The van der Waals surface area contributed by atoms with Gasteiger partial charge in [0.1, 0.15) is 0 Å². The van der Waals surface area contributed by atoms with Crippen molar-refractivity contribution in [2.24, 2.45) is 0 Å². The largest absolute Gasteiger partial charge is 0.397 e. The summed E-state index contributed by atoms with van der Waals surface area (Å²) in [4.78, 5) is 11.6. The number of anilines is 2. The van der Waals surface area contributed by atoms with Gasteiger partial charge in [0, 0.05) is 6.61 Å². The lowest BCUT2D eigenvalue weighted by atomic mass is 10.2. The molecule has 0 bridgehead atoms. The molecule has 4 heteroatoms. The van der Waals surface area contributed by atoms with Crippen LogP contribution in [0, 0.1) is 6.92 Å². The Balaban J connectivity index is 2.42. The van der Waals surface area contributed by atoms with Gasteiger partial charge in [-0.05, 0) is 31.0 Å². The second-order valence-corrected chi connectivity index (χ2v) is 4.00. The number of carbonyl (C=O) groups excluding carboxylic acids is 1. The van der Waals surface area contributed by atoms with Crippen LogP contribution in [0.3, 0.4) is 0 Å². The topological polar surface area (TPSA) is 64.3 Å². The fraction of sp³-hybridized carbons (Fsp3) is 0.462. The van der Waals surface area contributed by atoms with Crippen LogP contribution in [-0.4, -0.2) is 19.1 Å². The molecule has 0 radical (unpaired) electrons. The summed E-state index contributed by atoms with van der Waals surface area (Å²) in [5.74, 6) is -0.0709. The van der Waals surface area contributed by atoms with Crippen LogP contribution in [0.15, 0.2) is 18.2 Å². The van der Waals surface area contributed by atoms with E-state index in [1.54, 1.807) is 6.07 Å². The van der Waals surface area contributed by atoms with Crippen LogP contribution in [-0.2, 0) is 9.53 Å². The van der Waals surface area contributed by atoms with E-state index < -0.39 is 0 Å². The Kier molecular flexibility index (Phi) is 5.49. The van der Waals surface area contributed by atoms with Gasteiger partial charge in [-0.25, -0.2) is 0 Å². The number of benzene rings is 1. The number of hydrogen-bond acceptors (Lipinski definition) is 3. The summed E-state index contributed by atoms with van der Waals surface area (Å²) in [5, 5.41) is 2.78. The van der Waals surface area contributed by atoms with Crippen LogP contribution in [0.2, 0.25) is 0 Å². The second-order valence-electron chi connectivity index (χ2n) is 4.00. The Morgan fingerprint density at radius 2 is 2.18 bits per heavy atom. The molecule has 0 aliphatic carbocycles. The molecule has 0 spiro atoms. The zero-order valence-corrected chi connectivity index (χ0v) is 10.5. The summed E-state index contributed by atoms with van der Waals surface area (Å²) in [6.07, 6.45) is 1.32. The van der Waals surface area contributed by atoms with E-state index in [1.807, 2.05) is 26.0 Å². The third-order valence-corrected chi connectivity index (χ3v) is 2.30. The average Bonchev–Trinajstić information content (AvgIpc) is 2.29. The highest BCUT2D eigenvalue weighted by Crippen LogP contribution is 2.19. The van der Waals surface area contributed by atoms with Gasteiger partial charge in [-0.1, -0.05) is 13.0 Å². The maximum Gasteiger partial charge on any atom is 0.226 e. The monoisotopic (exact) mass is 236 g/mol. The minimum atomic E-state index is -0.0709. The molecule has 1 aromatic carbocycles. The second kappa shape index (κ2) is 6.91. The quantitative estimate of drug-likeness (QED) is 0.588. The summed E-state index contributed by atoms with van der Waals surface area (Å²) in [7, 11) is 0. The van der Waals surface area contributed by atoms with Gasteiger partial charge in [0.25, 0.3) is 0 Å². The van der Waals surface area contributed by atoms with Gasteiger partial charge in [-0.2, -0.15) is 0 Å². The number of carbonyl (C=O) groups is 1. The van der Waals surface area contributed by atoms with Crippen molar-refractivity contribution in [1.82, 2.24) is 0 Å². The molecule has 0 aromatic heterocycles. The Morgan fingerprint density at radius 3 is 2.88 bits per heavy atom. The van der Waals surface area contributed by atoms with Crippen LogP contribution in [0.25, 0.3) is 0 Å². The molecule has 0 atom stereocenters. The van der Waals surface area contributed by atoms with Gasteiger partial charge in [0.05, 0.1) is 24.4 Å². The van der Waals surface area contributed by atoms with Crippen molar-refractivity contribution in [3.63, 3.8) is 0 Å². The van der Waals surface area contributed by atoms with Crippen LogP contribution < -0.4 is 11.1 Å². The number of amides is 1. The molecule has 0 heterocycles. The highest BCUT2D eigenvalue weighted by Gasteiger charge is 2.05. The minimum absolute atomic E-state index is 0.0709. The van der Waals surface area contributed by atoms with Gasteiger partial charge < -0.3 is 15.8 Å². The fourth-order valence-electron chi connectivity index (χ4n) is 1.40. The fourth-order valence-corrected chi connectivity index (χ4v) is 1.40. The number of nitrogens with one attached hydrogen (secondary N) is 1. The highest BCUT2D eigenvalue weighted by atomic mass is 16.5. The van der Waals surface area contributed by atoms with E-state index in [0.29, 0.717) is 31.0 Å². The third-order valence-electron chi connectivity index (χ3n) is 2.30. The molecule has 3 N–H and O–H groups in total. The molecule has 1 amide bonds. The molecule has 0 saturated heterocycles. The number of rotatable bonds is 6. The van der Waals surface area contributed by atoms with Crippen molar-refractivity contribution >= 4 is 17.3 Å². The maximum absolute atomic E-state index is 11.6. The first-order valence-electron chi connectivity index (χ1n) is 5.87. The zero-order valence-electron chi connectivity index (χ0n) is 10.5. The Hall–Kier alpha value is -1.55. The highest BCUT2D eigenvalue weighted by molar-refractivity contribution is 5.93. The van der Waals surface area contributed by atoms with Crippen molar-refractivity contribution in [2.75, 3.05) is 24.3 Å². The number of ether oxygens (including phenoxy) is 1. The summed E-state index contributed by atoms with van der Waals surface area (Å²) in [5.41, 5.74) is 8.09. The van der Waals surface area contributed by atoms with Gasteiger partial charge in [0.15, 0.2) is 0 Å². The first kappa shape index (κ1) is 13.5. The van der Waals surface area contributed by atoms with Gasteiger partial charge in [0.2, 0.25) is 5.91 Å². The molecule has 17 heavy (non-hydrogen) atoms. The summed E-state index contributed by atoms with van der Waals surface area (Å²) in [6, 6.07) is 5.56. The SMILES string of the molecule is CCCOCCC(=O)Nc1cc(C)ccc1N. The van der Waals surface area contributed by atoms with E-state index in [9.17, 15) is 4.79 Å². The van der Waals surface area contributed by atoms with E-state index in [4.69, 9.17) is 10.5 Å². The number of nitrogen functional groups attached to an aromatic ring is 1. The van der Waals surface area contributed by atoms with Gasteiger partial charge in [-0.3, -0.25) is 4.79 Å². The Bertz CT molecular complexity index is 378. The molecule has 94 valence electrons. The molecule has 0 saturated carbocycles. The average molecular weight is 236 g/mol. The van der Waals surface area contributed by atoms with E-state index in [0.717, 1.165) is 12.0 Å². The van der Waals surface area contributed by atoms with Crippen molar-refractivity contribution in [3.8, 4) is 0 Å².